The maximum Gasteiger partial charge on any atom is 0.179 e. The molecule has 0 heterocycles. The van der Waals surface area contributed by atoms with Gasteiger partial charge >= 0.3 is 0 Å². The predicted octanol–water partition coefficient (Wildman–Crippen LogP) is 6.46. The number of allylic oxidation sites excluding steroid dienone is 5. The molecule has 45 heavy (non-hydrogen) atoms. The fourth-order valence-electron chi connectivity index (χ4n) is 6.93. The highest BCUT2D eigenvalue weighted by molar-refractivity contribution is 7.17. The first-order chi connectivity index (χ1) is 22.2. The lowest BCUT2D eigenvalue weighted by molar-refractivity contribution is 1.56. The molecule has 0 bridgehead atoms. The first-order valence-electron chi connectivity index (χ1n) is 15.6. The second-order valence-corrected chi connectivity index (χ2v) is 19.3. The van der Waals surface area contributed by atoms with E-state index in [0.717, 1.165) is 5.20 Å². The topological polar surface area (TPSA) is 0 Å². The molecule has 0 radical (unpaired) electrons. The van der Waals surface area contributed by atoms with Crippen LogP contribution in [0.25, 0.3) is 0 Å². The highest BCUT2D eigenvalue weighted by atomic mass is 28.3. The summed E-state index contributed by atoms with van der Waals surface area (Å²) < 4.78 is 0. The minimum absolute atomic E-state index is 1.15. The van der Waals surface area contributed by atoms with Crippen molar-refractivity contribution in [1.29, 1.82) is 0 Å². The van der Waals surface area contributed by atoms with Crippen molar-refractivity contribution in [2.24, 2.45) is 0 Å². The van der Waals surface area contributed by atoms with Crippen LogP contribution in [0.2, 0.25) is 0 Å². The third-order valence-corrected chi connectivity index (χ3v) is 18.6. The highest BCUT2D eigenvalue weighted by Crippen LogP contribution is 2.20. The third kappa shape index (κ3) is 5.67. The number of benzene rings is 6. The Balaban J connectivity index is 1.53. The fraction of sp³-hybridized carbons (Fsp3) is 0.0233. The maximum absolute atomic E-state index is 4.85. The highest BCUT2D eigenvalue weighted by Gasteiger charge is 2.42. The molecule has 0 saturated heterocycles. The van der Waals surface area contributed by atoms with Crippen LogP contribution in [0.3, 0.4) is 0 Å². The summed E-state index contributed by atoms with van der Waals surface area (Å²) in [7, 11) is -5.18. The van der Waals surface area contributed by atoms with E-state index in [2.05, 4.69) is 207 Å². The molecule has 0 atom stereocenters. The molecule has 0 aliphatic heterocycles. The van der Waals surface area contributed by atoms with Crippen LogP contribution < -0.4 is 31.1 Å². The largest absolute Gasteiger partial charge is 0.179 e. The van der Waals surface area contributed by atoms with Crippen LogP contribution in [-0.4, -0.2) is 16.1 Å². The molecule has 2 heteroatoms. The summed E-state index contributed by atoms with van der Waals surface area (Å²) >= 11 is 0. The monoisotopic (exact) mass is 610 g/mol. The van der Waals surface area contributed by atoms with Crippen molar-refractivity contribution in [3.8, 4) is 0 Å². The fourth-order valence-corrected chi connectivity index (χ4v) is 16.3. The van der Waals surface area contributed by atoms with Crippen molar-refractivity contribution in [2.75, 3.05) is 0 Å². The van der Waals surface area contributed by atoms with Gasteiger partial charge < -0.3 is 0 Å². The summed E-state index contributed by atoms with van der Waals surface area (Å²) in [4.78, 5) is 0. The Morgan fingerprint density at radius 2 is 0.644 bits per heavy atom. The lowest BCUT2D eigenvalue weighted by atomic mass is 10.3. The smallest absolute Gasteiger partial charge is 0.0987 e. The van der Waals surface area contributed by atoms with Crippen LogP contribution in [-0.2, 0) is 0 Å². The van der Waals surface area contributed by atoms with Gasteiger partial charge in [0.15, 0.2) is 16.1 Å². The zero-order valence-corrected chi connectivity index (χ0v) is 27.8. The Hall–Kier alpha value is -5.03. The lowest BCUT2D eigenvalue weighted by Crippen LogP contribution is -2.68. The molecule has 0 aromatic heterocycles. The van der Waals surface area contributed by atoms with Crippen molar-refractivity contribution in [1.82, 2.24) is 0 Å². The Labute approximate surface area is 270 Å². The molecule has 0 spiro atoms. The van der Waals surface area contributed by atoms with Crippen molar-refractivity contribution in [2.45, 2.75) is 6.92 Å². The van der Waals surface area contributed by atoms with Gasteiger partial charge in [0.05, 0.1) is 0 Å². The Morgan fingerprint density at radius 3 is 0.911 bits per heavy atom. The van der Waals surface area contributed by atoms with Gasteiger partial charge in [-0.3, -0.25) is 0 Å². The van der Waals surface area contributed by atoms with E-state index < -0.39 is 16.1 Å². The van der Waals surface area contributed by atoms with Crippen LogP contribution in [0.5, 0.6) is 0 Å². The van der Waals surface area contributed by atoms with E-state index in [1.807, 2.05) is 0 Å². The van der Waals surface area contributed by atoms with E-state index in [9.17, 15) is 0 Å². The molecule has 0 nitrogen and oxygen atoms in total. The van der Waals surface area contributed by atoms with Gasteiger partial charge in [0.25, 0.3) is 0 Å². The molecule has 6 aromatic rings. The van der Waals surface area contributed by atoms with Crippen LogP contribution in [0.1, 0.15) is 6.92 Å². The Morgan fingerprint density at radius 1 is 0.400 bits per heavy atom. The van der Waals surface area contributed by atoms with E-state index in [-0.39, 0.29) is 0 Å². The molecule has 0 amide bonds. The van der Waals surface area contributed by atoms with Gasteiger partial charge in [-0.05, 0) is 38.0 Å². The zero-order valence-electron chi connectivity index (χ0n) is 25.8. The van der Waals surface area contributed by atoms with Gasteiger partial charge in [-0.2, -0.15) is 0 Å². The molecule has 0 aliphatic rings. The quantitative estimate of drug-likeness (QED) is 0.0949. The molecule has 0 fully saturated rings. The van der Waals surface area contributed by atoms with Gasteiger partial charge in [0, 0.05) is 0 Å². The molecule has 6 rings (SSSR count). The van der Waals surface area contributed by atoms with Crippen molar-refractivity contribution in [3.63, 3.8) is 0 Å². The first-order valence-corrected chi connectivity index (χ1v) is 19.6. The second-order valence-electron chi connectivity index (χ2n) is 11.4. The van der Waals surface area contributed by atoms with E-state index in [1.165, 1.54) is 36.3 Å². The molecule has 0 saturated carbocycles. The van der Waals surface area contributed by atoms with Crippen molar-refractivity contribution < 1.29 is 0 Å². The van der Waals surface area contributed by atoms with Crippen LogP contribution in [0.15, 0.2) is 217 Å². The van der Waals surface area contributed by atoms with Gasteiger partial charge in [-0.1, -0.05) is 217 Å². The van der Waals surface area contributed by atoms with Crippen molar-refractivity contribution in [3.05, 3.63) is 217 Å². The standard InChI is InChI=1S/C43H38Si2/c1-36(44(38-24-9-3-10-25-38,39-26-11-4-12-27-39)40-28-13-5-14-29-40)22-21-23-37(2)45(41-30-15-6-16-31-41,42-32-17-7-18-33-42)43-34-19-8-20-35-43/h3-35H,1H2,2H3/b22-21-,37-23+. The third-order valence-electron chi connectivity index (χ3n) is 8.96. The Bertz CT molecular complexity index is 1690. The molecule has 6 aromatic carbocycles. The molecule has 0 aliphatic carbocycles. The van der Waals surface area contributed by atoms with Gasteiger partial charge in [-0.25, -0.2) is 0 Å². The van der Waals surface area contributed by atoms with E-state index >= 15 is 0 Å². The summed E-state index contributed by atoms with van der Waals surface area (Å²) in [6.45, 7) is 7.17. The number of hydrogen-bond donors (Lipinski definition) is 0. The minimum Gasteiger partial charge on any atom is -0.0987 e. The van der Waals surface area contributed by atoms with E-state index in [4.69, 9.17) is 6.58 Å². The normalized spacial score (nSPS) is 12.2. The van der Waals surface area contributed by atoms with Crippen LogP contribution in [0.4, 0.5) is 0 Å². The zero-order chi connectivity index (χ0) is 31.0. The Kier molecular flexibility index (Phi) is 9.16. The van der Waals surface area contributed by atoms with Gasteiger partial charge in [-0.15, -0.1) is 0 Å². The maximum atomic E-state index is 4.85. The predicted molar refractivity (Wildman–Crippen MR) is 200 cm³/mol. The van der Waals surface area contributed by atoms with Crippen LogP contribution in [0, 0.1) is 0 Å². The first kappa shape index (κ1) is 30.0. The summed E-state index contributed by atoms with van der Waals surface area (Å²) in [5, 5.41) is 10.7. The minimum atomic E-state index is -2.64. The molecule has 218 valence electrons. The summed E-state index contributed by atoms with van der Waals surface area (Å²) in [6, 6.07) is 66.2. The summed E-state index contributed by atoms with van der Waals surface area (Å²) in [6.07, 6.45) is 6.89. The van der Waals surface area contributed by atoms with E-state index in [1.54, 1.807) is 0 Å². The summed E-state index contributed by atoms with van der Waals surface area (Å²) in [5.74, 6) is 0. The number of rotatable bonds is 10. The SMILES string of the molecule is C=C(/C=C\C=C(/C)[Si](c1ccccc1)(c1ccccc1)c1ccccc1)[Si](c1ccccc1)(c1ccccc1)c1ccccc1. The summed E-state index contributed by atoms with van der Waals surface area (Å²) in [5.41, 5.74) is 0. The molecular weight excluding hydrogens is 573 g/mol. The van der Waals surface area contributed by atoms with Crippen molar-refractivity contribution >= 4 is 47.3 Å². The number of hydrogen-bond acceptors (Lipinski definition) is 0. The van der Waals surface area contributed by atoms with Crippen LogP contribution >= 0.6 is 0 Å². The van der Waals surface area contributed by atoms with Gasteiger partial charge in [0.1, 0.15) is 0 Å². The lowest BCUT2D eigenvalue weighted by Gasteiger charge is -2.35. The second kappa shape index (κ2) is 13.7. The average Bonchev–Trinajstić information content (AvgIpc) is 3.12. The van der Waals surface area contributed by atoms with Gasteiger partial charge in [0.2, 0.25) is 0 Å². The molecule has 0 N–H and O–H groups in total. The molecule has 0 unspecified atom stereocenters. The van der Waals surface area contributed by atoms with E-state index in [0.29, 0.717) is 0 Å². The average molecular weight is 611 g/mol. The molecular formula is C43H38Si2.